The van der Waals surface area contributed by atoms with Gasteiger partial charge in [0.1, 0.15) is 0 Å². The van der Waals surface area contributed by atoms with E-state index in [1.54, 1.807) is 23.0 Å². The molecule has 0 unspecified atom stereocenters. The number of aryl methyl sites for hydroxylation is 2. The second-order valence-corrected chi connectivity index (χ2v) is 7.08. The molecule has 0 bridgehead atoms. The van der Waals surface area contributed by atoms with Crippen molar-refractivity contribution in [2.45, 2.75) is 13.3 Å². The number of nitrogens with zero attached hydrogens (tertiary/aromatic N) is 4. The van der Waals surface area contributed by atoms with E-state index in [2.05, 4.69) is 31.7 Å². The Kier molecular flexibility index (Phi) is 4.83. The molecule has 3 aromatic heterocycles. The predicted molar refractivity (Wildman–Crippen MR) is 108 cm³/mol. The van der Waals surface area contributed by atoms with E-state index >= 15 is 0 Å². The minimum absolute atomic E-state index is 0.246. The average Bonchev–Trinajstić information content (AvgIpc) is 3.29. The van der Waals surface area contributed by atoms with Crippen LogP contribution in [0.2, 0.25) is 5.02 Å². The molecular formula is C20H19ClN6O. The summed E-state index contributed by atoms with van der Waals surface area (Å²) in [7, 11) is 1.84. The van der Waals surface area contributed by atoms with Crippen molar-refractivity contribution in [1.29, 1.82) is 0 Å². The number of hydrogen-bond donors (Lipinski definition) is 2. The zero-order chi connectivity index (χ0) is 19.7. The highest BCUT2D eigenvalue weighted by Crippen LogP contribution is 2.25. The van der Waals surface area contributed by atoms with Gasteiger partial charge in [-0.05, 0) is 48.7 Å². The Hall–Kier alpha value is -3.19. The summed E-state index contributed by atoms with van der Waals surface area (Å²) in [6.45, 7) is 2.48. The summed E-state index contributed by atoms with van der Waals surface area (Å²) in [5.74, 6) is -0.246. The van der Waals surface area contributed by atoms with E-state index < -0.39 is 0 Å². The Morgan fingerprint density at radius 1 is 1.29 bits per heavy atom. The van der Waals surface area contributed by atoms with Gasteiger partial charge in [0, 0.05) is 47.5 Å². The molecule has 142 valence electrons. The Morgan fingerprint density at radius 2 is 2.14 bits per heavy atom. The topological polar surface area (TPSA) is 88.5 Å². The maximum Gasteiger partial charge on any atom is 0.271 e. The first-order valence-corrected chi connectivity index (χ1v) is 9.26. The minimum Gasteiger partial charge on any atom is -0.361 e. The molecule has 0 atom stereocenters. The molecular weight excluding hydrogens is 376 g/mol. The monoisotopic (exact) mass is 394 g/mol. The standard InChI is InChI=1S/C20H19ClN6O/c1-12-7-15-13(9-23-19(15)8-16(12)21)5-6-22-20(28)18-4-3-17(25-26-18)14-10-24-27(2)11-14/h3-4,7-11,23H,5-6H2,1-2H3,(H,22,28). The second-order valence-electron chi connectivity index (χ2n) is 6.67. The maximum atomic E-state index is 12.3. The van der Waals surface area contributed by atoms with Gasteiger partial charge >= 0.3 is 0 Å². The summed E-state index contributed by atoms with van der Waals surface area (Å²) in [6, 6.07) is 7.43. The fraction of sp³-hybridized carbons (Fsp3) is 0.200. The quantitative estimate of drug-likeness (QED) is 0.543. The van der Waals surface area contributed by atoms with Crippen LogP contribution in [0, 0.1) is 6.92 Å². The molecule has 1 aromatic carbocycles. The fourth-order valence-corrected chi connectivity index (χ4v) is 3.24. The molecule has 0 saturated heterocycles. The summed E-state index contributed by atoms with van der Waals surface area (Å²) < 4.78 is 1.69. The number of carbonyl (C=O) groups excluding carboxylic acids is 1. The van der Waals surface area contributed by atoms with E-state index in [1.165, 1.54) is 0 Å². The van der Waals surface area contributed by atoms with Crippen LogP contribution in [0.3, 0.4) is 0 Å². The normalized spacial score (nSPS) is 11.1. The van der Waals surface area contributed by atoms with Crippen LogP contribution < -0.4 is 5.32 Å². The van der Waals surface area contributed by atoms with Gasteiger partial charge in [-0.3, -0.25) is 9.48 Å². The first kappa shape index (κ1) is 18.2. The fourth-order valence-electron chi connectivity index (χ4n) is 3.08. The number of halogens is 1. The Labute approximate surface area is 166 Å². The predicted octanol–water partition coefficient (Wildman–Crippen LogP) is 3.29. The van der Waals surface area contributed by atoms with Crippen LogP contribution in [0.1, 0.15) is 21.6 Å². The zero-order valence-corrected chi connectivity index (χ0v) is 16.3. The minimum atomic E-state index is -0.246. The number of hydrogen-bond acceptors (Lipinski definition) is 4. The van der Waals surface area contributed by atoms with Crippen molar-refractivity contribution in [2.75, 3.05) is 6.54 Å². The third-order valence-corrected chi connectivity index (χ3v) is 5.03. The van der Waals surface area contributed by atoms with Gasteiger partial charge in [-0.2, -0.15) is 5.10 Å². The third kappa shape index (κ3) is 3.61. The highest BCUT2D eigenvalue weighted by Gasteiger charge is 2.11. The second kappa shape index (κ2) is 7.44. The van der Waals surface area contributed by atoms with Crippen molar-refractivity contribution >= 4 is 28.4 Å². The summed E-state index contributed by atoms with van der Waals surface area (Å²) in [5, 5.41) is 17.0. The average molecular weight is 395 g/mol. The van der Waals surface area contributed by atoms with Gasteiger partial charge in [0.25, 0.3) is 5.91 Å². The lowest BCUT2D eigenvalue weighted by Crippen LogP contribution is -2.26. The van der Waals surface area contributed by atoms with Crippen molar-refractivity contribution in [3.05, 3.63) is 64.7 Å². The first-order chi connectivity index (χ1) is 13.5. The highest BCUT2D eigenvalue weighted by atomic mass is 35.5. The zero-order valence-electron chi connectivity index (χ0n) is 15.5. The number of aromatic amines is 1. The van der Waals surface area contributed by atoms with E-state index in [1.807, 2.05) is 32.4 Å². The van der Waals surface area contributed by atoms with Crippen LogP contribution in [0.5, 0.6) is 0 Å². The van der Waals surface area contributed by atoms with E-state index in [0.717, 1.165) is 32.6 Å². The molecule has 2 N–H and O–H groups in total. The molecule has 0 spiro atoms. The van der Waals surface area contributed by atoms with Crippen molar-refractivity contribution in [1.82, 2.24) is 30.3 Å². The van der Waals surface area contributed by atoms with Gasteiger partial charge in [0.05, 0.1) is 11.9 Å². The van der Waals surface area contributed by atoms with Crippen molar-refractivity contribution in [2.24, 2.45) is 7.05 Å². The van der Waals surface area contributed by atoms with E-state index in [9.17, 15) is 4.79 Å². The molecule has 4 aromatic rings. The Morgan fingerprint density at radius 3 is 2.86 bits per heavy atom. The molecule has 28 heavy (non-hydrogen) atoms. The van der Waals surface area contributed by atoms with Crippen molar-refractivity contribution in [3.63, 3.8) is 0 Å². The molecule has 0 radical (unpaired) electrons. The Bertz CT molecular complexity index is 1150. The van der Waals surface area contributed by atoms with Crippen LogP contribution in [0.15, 0.2) is 42.9 Å². The largest absolute Gasteiger partial charge is 0.361 e. The molecule has 0 saturated carbocycles. The molecule has 0 aliphatic rings. The van der Waals surface area contributed by atoms with Gasteiger partial charge < -0.3 is 10.3 Å². The SMILES string of the molecule is Cc1cc2c(CCNC(=O)c3ccc(-c4cnn(C)c4)nn3)c[nH]c2cc1Cl. The number of H-pyrrole nitrogens is 1. The third-order valence-electron chi connectivity index (χ3n) is 4.62. The molecule has 1 amide bonds. The maximum absolute atomic E-state index is 12.3. The van der Waals surface area contributed by atoms with Gasteiger partial charge in [-0.15, -0.1) is 10.2 Å². The van der Waals surface area contributed by atoms with Crippen LogP contribution >= 0.6 is 11.6 Å². The summed E-state index contributed by atoms with van der Waals surface area (Å²) in [4.78, 5) is 15.6. The van der Waals surface area contributed by atoms with Crippen molar-refractivity contribution < 1.29 is 4.79 Å². The summed E-state index contributed by atoms with van der Waals surface area (Å²) in [6.07, 6.45) is 6.21. The first-order valence-electron chi connectivity index (χ1n) is 8.88. The van der Waals surface area contributed by atoms with Gasteiger partial charge in [-0.25, -0.2) is 0 Å². The number of rotatable bonds is 5. The van der Waals surface area contributed by atoms with Gasteiger partial charge in [0.2, 0.25) is 0 Å². The van der Waals surface area contributed by atoms with Crippen molar-refractivity contribution in [3.8, 4) is 11.3 Å². The summed E-state index contributed by atoms with van der Waals surface area (Å²) >= 11 is 6.17. The molecule has 7 nitrogen and oxygen atoms in total. The lowest BCUT2D eigenvalue weighted by molar-refractivity contribution is 0.0948. The molecule has 0 aliphatic carbocycles. The molecule has 0 aliphatic heterocycles. The lowest BCUT2D eigenvalue weighted by atomic mass is 10.1. The van der Waals surface area contributed by atoms with Crippen LogP contribution in [0.25, 0.3) is 22.2 Å². The smallest absolute Gasteiger partial charge is 0.271 e. The van der Waals surface area contributed by atoms with Crippen LogP contribution in [-0.4, -0.2) is 37.4 Å². The van der Waals surface area contributed by atoms with Crippen LogP contribution in [-0.2, 0) is 13.5 Å². The number of amides is 1. The lowest BCUT2D eigenvalue weighted by Gasteiger charge is -2.05. The van der Waals surface area contributed by atoms with E-state index in [0.29, 0.717) is 18.7 Å². The van der Waals surface area contributed by atoms with E-state index in [4.69, 9.17) is 11.6 Å². The molecule has 8 heteroatoms. The number of nitrogens with one attached hydrogen (secondary N) is 2. The Balaban J connectivity index is 1.39. The number of carbonyl (C=O) groups is 1. The number of benzene rings is 1. The van der Waals surface area contributed by atoms with E-state index in [-0.39, 0.29) is 11.6 Å². The van der Waals surface area contributed by atoms with Gasteiger partial charge in [-0.1, -0.05) is 11.6 Å². The number of fused-ring (bicyclic) bond motifs is 1. The van der Waals surface area contributed by atoms with Crippen LogP contribution in [0.4, 0.5) is 0 Å². The molecule has 4 rings (SSSR count). The molecule has 3 heterocycles. The number of aromatic nitrogens is 5. The molecule has 0 fully saturated rings. The highest BCUT2D eigenvalue weighted by molar-refractivity contribution is 6.32. The van der Waals surface area contributed by atoms with Gasteiger partial charge in [0.15, 0.2) is 5.69 Å². The summed E-state index contributed by atoms with van der Waals surface area (Å²) in [5.41, 5.74) is 4.98.